The summed E-state index contributed by atoms with van der Waals surface area (Å²) in [6.07, 6.45) is 15.6. The molecule has 0 amide bonds. The van der Waals surface area contributed by atoms with Crippen LogP contribution < -0.4 is 5.32 Å². The van der Waals surface area contributed by atoms with E-state index in [9.17, 15) is 9.90 Å². The van der Waals surface area contributed by atoms with Crippen LogP contribution in [0.5, 0.6) is 0 Å². The highest BCUT2D eigenvalue weighted by molar-refractivity contribution is 7.15. The minimum Gasteiger partial charge on any atom is -0.478 e. The van der Waals surface area contributed by atoms with Gasteiger partial charge in [0.1, 0.15) is 0 Å². The Kier molecular flexibility index (Phi) is 7.29. The maximum absolute atomic E-state index is 11.5. The van der Waals surface area contributed by atoms with Crippen LogP contribution in [0.4, 0.5) is 5.13 Å². The van der Waals surface area contributed by atoms with Crippen molar-refractivity contribution in [2.24, 2.45) is 51.2 Å². The maximum atomic E-state index is 11.5. The summed E-state index contributed by atoms with van der Waals surface area (Å²) in [5, 5.41) is 14.8. The summed E-state index contributed by atoms with van der Waals surface area (Å²) in [6.45, 7) is 19.9. The molecule has 1 heterocycles. The van der Waals surface area contributed by atoms with Crippen LogP contribution in [0.25, 0.3) is 5.57 Å². The highest BCUT2D eigenvalue weighted by atomic mass is 32.1. The molecule has 0 saturated heterocycles. The molecule has 244 valence electrons. The Morgan fingerprint density at radius 1 is 0.933 bits per heavy atom. The van der Waals surface area contributed by atoms with Crippen molar-refractivity contribution in [3.8, 4) is 0 Å². The number of hydrogen-bond donors (Lipinski definition) is 2. The van der Waals surface area contributed by atoms with E-state index in [1.54, 1.807) is 12.1 Å². The zero-order valence-electron chi connectivity index (χ0n) is 29.1. The first-order valence-electron chi connectivity index (χ1n) is 18.0. The number of hydrogen-bond acceptors (Lipinski definition) is 4. The van der Waals surface area contributed by atoms with Crippen molar-refractivity contribution in [3.05, 3.63) is 52.0 Å². The highest BCUT2D eigenvalue weighted by Gasteiger charge is 2.70. The molecule has 4 fully saturated rings. The van der Waals surface area contributed by atoms with E-state index >= 15 is 0 Å². The van der Waals surface area contributed by atoms with Gasteiger partial charge >= 0.3 is 5.97 Å². The molecule has 45 heavy (non-hydrogen) atoms. The Morgan fingerprint density at radius 2 is 1.67 bits per heavy atom. The number of rotatable bonds is 5. The Labute approximate surface area is 275 Å². The molecule has 0 bridgehead atoms. The summed E-state index contributed by atoms with van der Waals surface area (Å²) >= 11 is 1.86. The number of carboxylic acid groups (broad SMARTS) is 1. The lowest BCUT2D eigenvalue weighted by atomic mass is 9.33. The van der Waals surface area contributed by atoms with Crippen LogP contribution in [0.2, 0.25) is 0 Å². The monoisotopic (exact) mass is 628 g/mol. The van der Waals surface area contributed by atoms with Crippen molar-refractivity contribution in [1.29, 1.82) is 0 Å². The van der Waals surface area contributed by atoms with Crippen LogP contribution >= 0.6 is 11.3 Å². The van der Waals surface area contributed by atoms with Gasteiger partial charge in [0.15, 0.2) is 5.13 Å². The number of benzene rings is 1. The molecule has 9 atom stereocenters. The van der Waals surface area contributed by atoms with Crippen molar-refractivity contribution < 1.29 is 9.90 Å². The summed E-state index contributed by atoms with van der Waals surface area (Å²) in [5.74, 6) is 2.81. The lowest BCUT2D eigenvalue weighted by Crippen LogP contribution is -2.67. The van der Waals surface area contributed by atoms with Gasteiger partial charge in [0.2, 0.25) is 0 Å². The third-order valence-corrected chi connectivity index (χ3v) is 16.5. The normalized spacial score (nSPS) is 41.7. The number of aromatic carboxylic acids is 1. The van der Waals surface area contributed by atoms with E-state index in [2.05, 4.69) is 66.8 Å². The largest absolute Gasteiger partial charge is 0.478 e. The molecule has 2 N–H and O–H groups in total. The zero-order chi connectivity index (χ0) is 32.2. The van der Waals surface area contributed by atoms with Gasteiger partial charge in [-0.25, -0.2) is 9.78 Å². The van der Waals surface area contributed by atoms with E-state index in [0.717, 1.165) is 35.2 Å². The first-order valence-corrected chi connectivity index (χ1v) is 18.8. The van der Waals surface area contributed by atoms with Crippen LogP contribution in [0.15, 0.2) is 30.3 Å². The minimum absolute atomic E-state index is 0.0468. The van der Waals surface area contributed by atoms with Crippen LogP contribution in [-0.2, 0) is 0 Å². The molecular weight excluding hydrogens is 573 g/mol. The standard InChI is InChI=1S/C40H56N2O2S/c1-9-26-16-21-40(42-35-41-24(2)25(3)45-35)23-22-38(7)30(33(26)40)14-15-32-37(6)19-17-29(27-10-12-28(13-11-27)34(43)44)36(4,5)31(37)18-20-39(32,38)8/h10-13,17,26,30-33H,9,14-16,18-23H2,1-8H3,(H,41,42)(H,43,44)/t26-,30-,31?,32?,33?,37+,38-,39-,40+/m1/s1. The van der Waals surface area contributed by atoms with Gasteiger partial charge in [0, 0.05) is 10.4 Å². The SMILES string of the molecule is CC[C@@H]1CC[C@]2(Nc3nc(C)c(C)s3)CC[C@]3(C)[C@H](CCC4[C@@]5(C)CC=C(c6ccc(C(=O)O)cc6)C(C)(C)C5CC[C@]43C)C12. The van der Waals surface area contributed by atoms with Gasteiger partial charge in [0.25, 0.3) is 0 Å². The predicted octanol–water partition coefficient (Wildman–Crippen LogP) is 10.8. The number of fused-ring (bicyclic) bond motifs is 7. The number of thiazole rings is 1. The fourth-order valence-electron chi connectivity index (χ4n) is 13.0. The number of aromatic nitrogens is 1. The maximum Gasteiger partial charge on any atom is 0.335 e. The van der Waals surface area contributed by atoms with Gasteiger partial charge in [-0.2, -0.15) is 0 Å². The highest BCUT2D eigenvalue weighted by Crippen LogP contribution is 2.76. The lowest BCUT2D eigenvalue weighted by molar-refractivity contribution is -0.217. The van der Waals surface area contributed by atoms with E-state index in [-0.39, 0.29) is 16.4 Å². The molecule has 7 rings (SSSR count). The average Bonchev–Trinajstić information content (AvgIpc) is 3.51. The van der Waals surface area contributed by atoms with Crippen molar-refractivity contribution in [3.63, 3.8) is 0 Å². The first-order chi connectivity index (χ1) is 21.2. The molecule has 5 aliphatic carbocycles. The summed E-state index contributed by atoms with van der Waals surface area (Å²) in [7, 11) is 0. The fraction of sp³-hybridized carbons (Fsp3) is 0.700. The molecule has 4 saturated carbocycles. The summed E-state index contributed by atoms with van der Waals surface area (Å²) in [6, 6.07) is 7.65. The van der Waals surface area contributed by atoms with Gasteiger partial charge in [-0.05, 0) is 146 Å². The van der Waals surface area contributed by atoms with Crippen molar-refractivity contribution in [1.82, 2.24) is 4.98 Å². The molecule has 1 aromatic carbocycles. The lowest BCUT2D eigenvalue weighted by Gasteiger charge is -2.72. The number of allylic oxidation sites excluding steroid dienone is 2. The van der Waals surface area contributed by atoms with Crippen molar-refractivity contribution in [2.75, 3.05) is 5.32 Å². The number of aryl methyl sites for hydroxylation is 2. The van der Waals surface area contributed by atoms with Crippen LogP contribution in [0.3, 0.4) is 0 Å². The topological polar surface area (TPSA) is 62.2 Å². The number of nitrogens with zero attached hydrogens (tertiary/aromatic N) is 1. The number of carbonyl (C=O) groups is 1. The van der Waals surface area contributed by atoms with E-state index in [4.69, 9.17) is 4.98 Å². The van der Waals surface area contributed by atoms with E-state index in [0.29, 0.717) is 22.3 Å². The fourth-order valence-corrected chi connectivity index (χ4v) is 14.0. The van der Waals surface area contributed by atoms with Crippen LogP contribution in [-0.4, -0.2) is 21.6 Å². The quantitative estimate of drug-likeness (QED) is 0.346. The molecule has 0 aliphatic heterocycles. The molecule has 0 spiro atoms. The summed E-state index contributed by atoms with van der Waals surface area (Å²) in [5.41, 5.74) is 5.39. The summed E-state index contributed by atoms with van der Waals surface area (Å²) < 4.78 is 0. The molecule has 5 heteroatoms. The molecular formula is C40H56N2O2S. The Bertz CT molecular complexity index is 1500. The average molecular weight is 629 g/mol. The second kappa shape index (κ2) is 10.4. The van der Waals surface area contributed by atoms with Crippen LogP contribution in [0.1, 0.15) is 132 Å². The smallest absolute Gasteiger partial charge is 0.335 e. The van der Waals surface area contributed by atoms with Gasteiger partial charge in [-0.15, -0.1) is 11.3 Å². The van der Waals surface area contributed by atoms with Crippen molar-refractivity contribution in [2.45, 2.75) is 125 Å². The predicted molar refractivity (Wildman–Crippen MR) is 187 cm³/mol. The van der Waals surface area contributed by atoms with Gasteiger partial charge in [-0.3, -0.25) is 0 Å². The first kappa shape index (κ1) is 31.5. The molecule has 2 aromatic rings. The van der Waals surface area contributed by atoms with E-state index < -0.39 is 5.97 Å². The van der Waals surface area contributed by atoms with Gasteiger partial charge < -0.3 is 10.4 Å². The third kappa shape index (κ3) is 4.34. The Hall–Kier alpha value is -2.14. The molecule has 0 radical (unpaired) electrons. The molecule has 5 aliphatic rings. The van der Waals surface area contributed by atoms with Gasteiger partial charge in [-0.1, -0.05) is 66.2 Å². The van der Waals surface area contributed by atoms with E-state index in [1.807, 2.05) is 23.5 Å². The van der Waals surface area contributed by atoms with E-state index in [1.165, 1.54) is 79.5 Å². The molecule has 3 unspecified atom stereocenters. The molecule has 4 nitrogen and oxygen atoms in total. The van der Waals surface area contributed by atoms with Gasteiger partial charge in [0.05, 0.1) is 11.3 Å². The second-order valence-electron chi connectivity index (χ2n) is 17.3. The Balaban J connectivity index is 1.22. The molecule has 1 aromatic heterocycles. The van der Waals surface area contributed by atoms with Crippen LogP contribution in [0, 0.1) is 65.1 Å². The number of nitrogens with one attached hydrogen (secondary N) is 1. The third-order valence-electron chi connectivity index (χ3n) is 15.5. The Morgan fingerprint density at radius 3 is 2.31 bits per heavy atom. The summed E-state index contributed by atoms with van der Waals surface area (Å²) in [4.78, 5) is 17.9. The minimum atomic E-state index is -0.853. The second-order valence-corrected chi connectivity index (χ2v) is 18.5. The number of anilines is 1. The number of carboxylic acids is 1. The zero-order valence-corrected chi connectivity index (χ0v) is 29.9. The van der Waals surface area contributed by atoms with Crippen molar-refractivity contribution >= 4 is 28.0 Å².